The Balaban J connectivity index is 2.28. The van der Waals surface area contributed by atoms with Gasteiger partial charge in [-0.3, -0.25) is 4.79 Å². The van der Waals surface area contributed by atoms with Crippen LogP contribution in [0.5, 0.6) is 0 Å². The van der Waals surface area contributed by atoms with Gasteiger partial charge in [0.05, 0.1) is 5.25 Å². The van der Waals surface area contributed by atoms with Crippen LogP contribution in [0.3, 0.4) is 0 Å². The van der Waals surface area contributed by atoms with Crippen molar-refractivity contribution >= 4 is 26.9 Å². The van der Waals surface area contributed by atoms with Crippen molar-refractivity contribution in [2.45, 2.75) is 25.5 Å². The molecule has 1 aromatic heterocycles. The highest BCUT2D eigenvalue weighted by Gasteiger charge is 2.24. The topological polar surface area (TPSA) is 76.4 Å². The average Bonchev–Trinajstić information content (AvgIpc) is 2.80. The quantitative estimate of drug-likeness (QED) is 0.940. The van der Waals surface area contributed by atoms with Crippen LogP contribution in [0, 0.1) is 5.82 Å². The molecule has 0 aliphatic rings. The molecule has 0 aliphatic carbocycles. The standard InChI is InChI=1S/C13H14FNO4S/c1-3-8(2)20(17,18)15-13(16)12-7-9-6-10(14)4-5-11(9)19-12/h4-8H,3H2,1-2H3,(H,15,16). The third-order valence-electron chi connectivity index (χ3n) is 3.04. The maximum absolute atomic E-state index is 13.0. The van der Waals surface area contributed by atoms with E-state index in [9.17, 15) is 17.6 Å². The number of halogens is 1. The lowest BCUT2D eigenvalue weighted by Gasteiger charge is -2.10. The summed E-state index contributed by atoms with van der Waals surface area (Å²) >= 11 is 0. The molecule has 20 heavy (non-hydrogen) atoms. The Morgan fingerprint density at radius 3 is 2.75 bits per heavy atom. The molecule has 0 aliphatic heterocycles. The fourth-order valence-electron chi connectivity index (χ4n) is 1.63. The van der Waals surface area contributed by atoms with E-state index in [0.29, 0.717) is 17.4 Å². The molecule has 1 atom stereocenters. The molecule has 0 spiro atoms. The molecule has 5 nitrogen and oxygen atoms in total. The highest BCUT2D eigenvalue weighted by molar-refractivity contribution is 7.90. The maximum Gasteiger partial charge on any atom is 0.300 e. The van der Waals surface area contributed by atoms with Gasteiger partial charge < -0.3 is 4.42 Å². The van der Waals surface area contributed by atoms with Crippen molar-refractivity contribution in [3.8, 4) is 0 Å². The Kier molecular flexibility index (Phi) is 3.80. The second-order valence-electron chi connectivity index (χ2n) is 4.49. The van der Waals surface area contributed by atoms with Crippen LogP contribution in [0.4, 0.5) is 4.39 Å². The molecule has 1 unspecified atom stereocenters. The number of sulfonamides is 1. The SMILES string of the molecule is CCC(C)S(=O)(=O)NC(=O)c1cc2cc(F)ccc2o1. The molecule has 0 saturated heterocycles. The van der Waals surface area contributed by atoms with E-state index in [2.05, 4.69) is 0 Å². The predicted molar refractivity (Wildman–Crippen MR) is 72.3 cm³/mol. The molecule has 0 saturated carbocycles. The molecule has 1 N–H and O–H groups in total. The molecule has 0 bridgehead atoms. The number of rotatable bonds is 4. The van der Waals surface area contributed by atoms with Crippen LogP contribution in [-0.2, 0) is 10.0 Å². The number of carbonyl (C=O) groups excluding carboxylic acids is 1. The van der Waals surface area contributed by atoms with Crippen LogP contribution in [0.15, 0.2) is 28.7 Å². The summed E-state index contributed by atoms with van der Waals surface area (Å²) in [7, 11) is -3.74. The molecule has 1 amide bonds. The average molecular weight is 299 g/mol. The van der Waals surface area contributed by atoms with Crippen molar-refractivity contribution in [1.29, 1.82) is 0 Å². The fourth-order valence-corrected chi connectivity index (χ4v) is 2.62. The van der Waals surface area contributed by atoms with E-state index in [0.717, 1.165) is 0 Å². The molecule has 108 valence electrons. The number of benzene rings is 1. The number of hydrogen-bond acceptors (Lipinski definition) is 4. The second kappa shape index (κ2) is 5.24. The highest BCUT2D eigenvalue weighted by Crippen LogP contribution is 2.20. The highest BCUT2D eigenvalue weighted by atomic mass is 32.2. The predicted octanol–water partition coefficient (Wildman–Crippen LogP) is 2.43. The van der Waals surface area contributed by atoms with E-state index >= 15 is 0 Å². The summed E-state index contributed by atoms with van der Waals surface area (Å²) in [4.78, 5) is 11.9. The van der Waals surface area contributed by atoms with Gasteiger partial charge in [-0.1, -0.05) is 6.92 Å². The van der Waals surface area contributed by atoms with Gasteiger partial charge in [-0.15, -0.1) is 0 Å². The van der Waals surface area contributed by atoms with Gasteiger partial charge in [-0.25, -0.2) is 17.5 Å². The number of furan rings is 1. The number of hydrogen-bond donors (Lipinski definition) is 1. The zero-order chi connectivity index (χ0) is 14.9. The second-order valence-corrected chi connectivity index (χ2v) is 6.59. The minimum atomic E-state index is -3.74. The van der Waals surface area contributed by atoms with E-state index in [1.165, 1.54) is 31.2 Å². The third-order valence-corrected chi connectivity index (χ3v) is 4.90. The monoisotopic (exact) mass is 299 g/mol. The summed E-state index contributed by atoms with van der Waals surface area (Å²) in [6.45, 7) is 3.21. The molecule has 7 heteroatoms. The van der Waals surface area contributed by atoms with Crippen molar-refractivity contribution in [2.75, 3.05) is 0 Å². The third kappa shape index (κ3) is 2.82. The van der Waals surface area contributed by atoms with Gasteiger partial charge in [-0.05, 0) is 37.6 Å². The molecule has 2 rings (SSSR count). The lowest BCUT2D eigenvalue weighted by Crippen LogP contribution is -2.36. The normalized spacial score (nSPS) is 13.3. The fraction of sp³-hybridized carbons (Fsp3) is 0.308. The zero-order valence-electron chi connectivity index (χ0n) is 11.0. The summed E-state index contributed by atoms with van der Waals surface area (Å²) in [5, 5.41) is -0.288. The van der Waals surface area contributed by atoms with Crippen LogP contribution < -0.4 is 4.72 Å². The number of nitrogens with one attached hydrogen (secondary N) is 1. The first-order valence-corrected chi connectivity index (χ1v) is 7.63. The Morgan fingerprint density at radius 2 is 2.10 bits per heavy atom. The van der Waals surface area contributed by atoms with Crippen molar-refractivity contribution in [2.24, 2.45) is 0 Å². The van der Waals surface area contributed by atoms with Gasteiger partial charge in [0.15, 0.2) is 5.76 Å². The first-order valence-electron chi connectivity index (χ1n) is 6.08. The Bertz CT molecular complexity index is 751. The minimum absolute atomic E-state index is 0.169. The number of amides is 1. The number of carbonyl (C=O) groups is 1. The van der Waals surface area contributed by atoms with Gasteiger partial charge in [0.25, 0.3) is 5.91 Å². The smallest absolute Gasteiger partial charge is 0.300 e. The molecular formula is C13H14FNO4S. The largest absolute Gasteiger partial charge is 0.451 e. The molecule has 0 radical (unpaired) electrons. The molecule has 0 fully saturated rings. The van der Waals surface area contributed by atoms with E-state index in [1.54, 1.807) is 6.92 Å². The zero-order valence-corrected chi connectivity index (χ0v) is 11.8. The molecule has 1 heterocycles. The van der Waals surface area contributed by atoms with Gasteiger partial charge in [0.2, 0.25) is 10.0 Å². The van der Waals surface area contributed by atoms with Crippen molar-refractivity contribution in [3.05, 3.63) is 35.8 Å². The summed E-state index contributed by atoms with van der Waals surface area (Å²) in [5.41, 5.74) is 0.317. The van der Waals surface area contributed by atoms with Crippen LogP contribution in [-0.4, -0.2) is 19.6 Å². The summed E-state index contributed by atoms with van der Waals surface area (Å²) < 4.78 is 43.7. The van der Waals surface area contributed by atoms with Crippen molar-refractivity contribution < 1.29 is 22.0 Å². The summed E-state index contributed by atoms with van der Waals surface area (Å²) in [6, 6.07) is 5.09. The van der Waals surface area contributed by atoms with Gasteiger partial charge in [-0.2, -0.15) is 0 Å². The van der Waals surface area contributed by atoms with E-state index < -0.39 is 27.0 Å². The summed E-state index contributed by atoms with van der Waals surface area (Å²) in [5.74, 6) is -1.49. The summed E-state index contributed by atoms with van der Waals surface area (Å²) in [6.07, 6.45) is 0.383. The van der Waals surface area contributed by atoms with E-state index in [-0.39, 0.29) is 5.76 Å². The minimum Gasteiger partial charge on any atom is -0.451 e. The molecule has 2 aromatic rings. The first-order chi connectivity index (χ1) is 9.33. The van der Waals surface area contributed by atoms with Crippen LogP contribution in [0.1, 0.15) is 30.8 Å². The molecular weight excluding hydrogens is 285 g/mol. The Hall–Kier alpha value is -1.89. The van der Waals surface area contributed by atoms with Crippen LogP contribution in [0.25, 0.3) is 11.0 Å². The van der Waals surface area contributed by atoms with Crippen molar-refractivity contribution in [1.82, 2.24) is 4.72 Å². The van der Waals surface area contributed by atoms with E-state index in [4.69, 9.17) is 4.42 Å². The Morgan fingerprint density at radius 1 is 1.40 bits per heavy atom. The van der Waals surface area contributed by atoms with Gasteiger partial charge in [0.1, 0.15) is 11.4 Å². The van der Waals surface area contributed by atoms with Crippen LogP contribution >= 0.6 is 0 Å². The van der Waals surface area contributed by atoms with E-state index in [1.807, 2.05) is 4.72 Å². The first kappa shape index (κ1) is 14.5. The molecule has 1 aromatic carbocycles. The number of fused-ring (bicyclic) bond motifs is 1. The van der Waals surface area contributed by atoms with Gasteiger partial charge in [0, 0.05) is 5.39 Å². The lowest BCUT2D eigenvalue weighted by molar-refractivity contribution is 0.0956. The Labute approximate surface area is 115 Å². The van der Waals surface area contributed by atoms with Crippen LogP contribution in [0.2, 0.25) is 0 Å². The maximum atomic E-state index is 13.0. The van der Waals surface area contributed by atoms with Gasteiger partial charge >= 0.3 is 0 Å². The van der Waals surface area contributed by atoms with Crippen molar-refractivity contribution in [3.63, 3.8) is 0 Å². The lowest BCUT2D eigenvalue weighted by atomic mass is 10.2.